The van der Waals surface area contributed by atoms with E-state index in [9.17, 15) is 9.59 Å². The number of aromatic nitrogens is 2. The van der Waals surface area contributed by atoms with Gasteiger partial charge in [0.1, 0.15) is 15.7 Å². The van der Waals surface area contributed by atoms with Crippen LogP contribution in [-0.2, 0) is 14.3 Å². The van der Waals surface area contributed by atoms with Crippen molar-refractivity contribution < 1.29 is 19.4 Å². The molecule has 1 aliphatic heterocycles. The summed E-state index contributed by atoms with van der Waals surface area (Å²) < 4.78 is 4.78. The van der Waals surface area contributed by atoms with E-state index in [4.69, 9.17) is 9.84 Å². The topological polar surface area (TPSA) is 105 Å². The van der Waals surface area contributed by atoms with Gasteiger partial charge >= 0.3 is 5.97 Å². The summed E-state index contributed by atoms with van der Waals surface area (Å²) in [6.07, 6.45) is 0. The molecule has 136 valence electrons. The maximum atomic E-state index is 12.6. The van der Waals surface area contributed by atoms with Gasteiger partial charge in [-0.3, -0.25) is 4.79 Å². The van der Waals surface area contributed by atoms with Gasteiger partial charge in [-0.25, -0.2) is 4.79 Å². The number of aliphatic hydroxyl groups is 1. The van der Waals surface area contributed by atoms with Crippen LogP contribution >= 0.6 is 11.3 Å². The van der Waals surface area contributed by atoms with Crippen LogP contribution < -0.4 is 5.32 Å². The monoisotopic (exact) mass is 374 g/mol. The Hall–Kier alpha value is -2.78. The van der Waals surface area contributed by atoms with Crippen LogP contribution in [0.25, 0.3) is 10.6 Å². The van der Waals surface area contributed by atoms with Crippen molar-refractivity contribution in [3.63, 3.8) is 0 Å². The Labute approximate surface area is 154 Å². The highest BCUT2D eigenvalue weighted by molar-refractivity contribution is 7.14. The molecule has 1 aromatic heterocycles. The molecule has 2 N–H and O–H groups in total. The zero-order valence-electron chi connectivity index (χ0n) is 14.4. The minimum atomic E-state index is -0.572. The average Bonchev–Trinajstić information content (AvgIpc) is 3.20. The summed E-state index contributed by atoms with van der Waals surface area (Å²) in [5, 5.41) is 21.9. The molecule has 2 heterocycles. The number of β-amino-alcohol motifs (C(OH)–C–C–N with tert-alkyl or cyclic N) is 1. The Balaban J connectivity index is 1.90. The largest absolute Gasteiger partial charge is 0.466 e. The smallest absolute Gasteiger partial charge is 0.337 e. The third-order valence-corrected chi connectivity index (χ3v) is 4.75. The number of nitrogens with one attached hydrogen (secondary N) is 1. The molecular weight excluding hydrogens is 356 g/mol. The average molecular weight is 374 g/mol. The number of amides is 1. The van der Waals surface area contributed by atoms with E-state index in [0.29, 0.717) is 5.69 Å². The van der Waals surface area contributed by atoms with Gasteiger partial charge in [-0.2, -0.15) is 0 Å². The second-order valence-corrected chi connectivity index (χ2v) is 6.81. The van der Waals surface area contributed by atoms with Crippen molar-refractivity contribution in [1.29, 1.82) is 0 Å². The molecule has 3 rings (SSSR count). The molecule has 1 aliphatic rings. The van der Waals surface area contributed by atoms with E-state index < -0.39 is 5.97 Å². The van der Waals surface area contributed by atoms with Crippen molar-refractivity contribution in [3.05, 3.63) is 40.5 Å². The zero-order chi connectivity index (χ0) is 18.7. The number of aryl methyl sites for hydroxylation is 1. The van der Waals surface area contributed by atoms with Crippen molar-refractivity contribution in [1.82, 2.24) is 15.1 Å². The molecule has 0 fully saturated rings. The number of carbonyl (C=O) groups is 2. The molecule has 2 aromatic rings. The summed E-state index contributed by atoms with van der Waals surface area (Å²) in [5.74, 6) is -0.922. The van der Waals surface area contributed by atoms with Gasteiger partial charge in [-0.1, -0.05) is 23.5 Å². The van der Waals surface area contributed by atoms with E-state index in [1.807, 2.05) is 25.1 Å². The van der Waals surface area contributed by atoms with Crippen molar-refractivity contribution >= 4 is 28.9 Å². The summed E-state index contributed by atoms with van der Waals surface area (Å²) in [7, 11) is 1.27. The Morgan fingerprint density at radius 2 is 2.23 bits per heavy atom. The predicted octanol–water partition coefficient (Wildman–Crippen LogP) is 1.19. The second kappa shape index (κ2) is 7.63. The number of methoxy groups -OCH3 is 1. The van der Waals surface area contributed by atoms with Gasteiger partial charge in [0.05, 0.1) is 25.8 Å². The maximum absolute atomic E-state index is 12.6. The molecule has 9 heteroatoms. The van der Waals surface area contributed by atoms with Gasteiger partial charge in [0.15, 0.2) is 0 Å². The fourth-order valence-electron chi connectivity index (χ4n) is 2.64. The molecule has 0 atom stereocenters. The zero-order valence-corrected chi connectivity index (χ0v) is 15.2. The van der Waals surface area contributed by atoms with E-state index >= 15 is 0 Å². The third-order valence-electron chi connectivity index (χ3n) is 3.86. The molecule has 0 saturated heterocycles. The fourth-order valence-corrected chi connectivity index (χ4v) is 3.32. The van der Waals surface area contributed by atoms with Gasteiger partial charge < -0.3 is 20.1 Å². The first-order valence-electron chi connectivity index (χ1n) is 7.92. The van der Waals surface area contributed by atoms with Crippen molar-refractivity contribution in [3.8, 4) is 10.6 Å². The lowest BCUT2D eigenvalue weighted by Gasteiger charge is -2.15. The molecule has 0 spiro atoms. The molecule has 8 nitrogen and oxygen atoms in total. The van der Waals surface area contributed by atoms with E-state index in [0.717, 1.165) is 15.6 Å². The number of hydrogen-bond acceptors (Lipinski definition) is 8. The summed E-state index contributed by atoms with van der Waals surface area (Å²) in [5.41, 5.74) is 1.91. The number of hydrogen-bond donors (Lipinski definition) is 2. The number of esters is 1. The molecule has 0 aliphatic carbocycles. The summed E-state index contributed by atoms with van der Waals surface area (Å²) in [6.45, 7) is 1.95. The van der Waals surface area contributed by atoms with Crippen LogP contribution in [0.4, 0.5) is 5.69 Å². The Morgan fingerprint density at radius 3 is 2.88 bits per heavy atom. The lowest BCUT2D eigenvalue weighted by molar-refractivity contribution is -0.136. The summed E-state index contributed by atoms with van der Waals surface area (Å²) in [4.78, 5) is 26.0. The number of anilines is 1. The fraction of sp³-hybridized carbons (Fsp3) is 0.294. The standard InChI is InChI=1S/C17H18N4O4S/c1-10-19-20-15(26-10)11-4-3-5-12(8-11)18-14-13(17(24)25-2)9-21(6-7-22)16(14)23/h3-5,8,18,22H,6-7,9H2,1-2H3. The van der Waals surface area contributed by atoms with Gasteiger partial charge in [0.2, 0.25) is 0 Å². The highest BCUT2D eigenvalue weighted by Crippen LogP contribution is 2.28. The van der Waals surface area contributed by atoms with Crippen molar-refractivity contribution in [2.24, 2.45) is 0 Å². The van der Waals surface area contributed by atoms with E-state index in [1.54, 1.807) is 6.07 Å². The Kier molecular flexibility index (Phi) is 5.29. The van der Waals surface area contributed by atoms with Gasteiger partial charge in [-0.15, -0.1) is 10.2 Å². The summed E-state index contributed by atoms with van der Waals surface area (Å²) >= 11 is 1.47. The Morgan fingerprint density at radius 1 is 1.42 bits per heavy atom. The van der Waals surface area contributed by atoms with Gasteiger partial charge in [0, 0.05) is 17.8 Å². The van der Waals surface area contributed by atoms with Gasteiger partial charge in [-0.05, 0) is 19.1 Å². The summed E-state index contributed by atoms with van der Waals surface area (Å²) in [6, 6.07) is 7.36. The van der Waals surface area contributed by atoms with Crippen LogP contribution in [0.15, 0.2) is 35.5 Å². The third kappa shape index (κ3) is 3.58. The molecule has 26 heavy (non-hydrogen) atoms. The molecule has 1 aromatic carbocycles. The minimum absolute atomic E-state index is 0.101. The first-order chi connectivity index (χ1) is 12.5. The van der Waals surface area contributed by atoms with E-state index in [1.165, 1.54) is 23.3 Å². The normalized spacial score (nSPS) is 14.1. The highest BCUT2D eigenvalue weighted by atomic mass is 32.1. The van der Waals surface area contributed by atoms with Crippen molar-refractivity contribution in [2.45, 2.75) is 6.92 Å². The molecule has 0 saturated carbocycles. The number of ether oxygens (including phenoxy) is 1. The highest BCUT2D eigenvalue weighted by Gasteiger charge is 2.34. The molecule has 0 bridgehead atoms. The molecule has 1 amide bonds. The van der Waals surface area contributed by atoms with Crippen molar-refractivity contribution in [2.75, 3.05) is 32.1 Å². The van der Waals surface area contributed by atoms with Gasteiger partial charge in [0.25, 0.3) is 5.91 Å². The molecule has 0 unspecified atom stereocenters. The first kappa shape index (κ1) is 18.0. The van der Waals surface area contributed by atoms with Crippen LogP contribution in [0, 0.1) is 6.92 Å². The lowest BCUT2D eigenvalue weighted by Crippen LogP contribution is -2.31. The van der Waals surface area contributed by atoms with E-state index in [-0.39, 0.29) is 36.9 Å². The number of carbonyl (C=O) groups excluding carboxylic acids is 2. The van der Waals surface area contributed by atoms with Crippen LogP contribution in [0.1, 0.15) is 5.01 Å². The number of benzene rings is 1. The van der Waals surface area contributed by atoms with Crippen LogP contribution in [-0.4, -0.2) is 58.9 Å². The van der Waals surface area contributed by atoms with Crippen LogP contribution in [0.2, 0.25) is 0 Å². The quantitative estimate of drug-likeness (QED) is 0.732. The maximum Gasteiger partial charge on any atom is 0.337 e. The predicted molar refractivity (Wildman–Crippen MR) is 96.4 cm³/mol. The van der Waals surface area contributed by atoms with Crippen LogP contribution in [0.5, 0.6) is 0 Å². The van der Waals surface area contributed by atoms with E-state index in [2.05, 4.69) is 15.5 Å². The van der Waals surface area contributed by atoms with Crippen LogP contribution in [0.3, 0.4) is 0 Å². The lowest BCUT2D eigenvalue weighted by atomic mass is 10.2. The first-order valence-corrected chi connectivity index (χ1v) is 8.74. The second-order valence-electron chi connectivity index (χ2n) is 5.63. The molecular formula is C17H18N4O4S. The molecule has 0 radical (unpaired) electrons. The number of aliphatic hydroxyl groups excluding tert-OH is 1. The SMILES string of the molecule is COC(=O)C1=C(Nc2cccc(-c3nnc(C)s3)c2)C(=O)N(CCO)C1. The minimum Gasteiger partial charge on any atom is -0.466 e. The number of rotatable bonds is 6. The Bertz CT molecular complexity index is 877. The number of nitrogens with zero attached hydrogens (tertiary/aromatic N) is 3.